The van der Waals surface area contributed by atoms with Crippen LogP contribution in [0.5, 0.6) is 0 Å². The summed E-state index contributed by atoms with van der Waals surface area (Å²) in [6.07, 6.45) is 0.0876. The van der Waals surface area contributed by atoms with E-state index in [1.165, 1.54) is 30.8 Å². The molecule has 2 unspecified atom stereocenters. The van der Waals surface area contributed by atoms with Gasteiger partial charge < -0.3 is 20.1 Å². The molecule has 3 heterocycles. The van der Waals surface area contributed by atoms with E-state index in [2.05, 4.69) is 5.32 Å². The number of thioether (sulfide) groups is 1. The fourth-order valence-corrected chi connectivity index (χ4v) is 5.07. The number of amides is 2. The highest BCUT2D eigenvalue weighted by Crippen LogP contribution is 2.46. The monoisotopic (exact) mass is 396 g/mol. The van der Waals surface area contributed by atoms with Gasteiger partial charge in [0, 0.05) is 17.6 Å². The van der Waals surface area contributed by atoms with Crippen LogP contribution in [0.15, 0.2) is 28.5 Å². The van der Waals surface area contributed by atoms with Gasteiger partial charge in [0.15, 0.2) is 11.8 Å². The number of aliphatic carboxylic acids is 1. The van der Waals surface area contributed by atoms with E-state index < -0.39 is 40.7 Å². The average Bonchev–Trinajstić information content (AvgIpc) is 3.10. The second-order valence-electron chi connectivity index (χ2n) is 5.82. The van der Waals surface area contributed by atoms with Gasteiger partial charge in [0.1, 0.15) is 5.37 Å². The molecule has 3 atom stereocenters. The summed E-state index contributed by atoms with van der Waals surface area (Å²) in [6.45, 7) is 1.25. The molecule has 8 nitrogen and oxygen atoms in total. The first-order valence-electron chi connectivity index (χ1n) is 7.62. The summed E-state index contributed by atoms with van der Waals surface area (Å²) in [7, 11) is 1.28. The van der Waals surface area contributed by atoms with E-state index in [1.54, 1.807) is 6.07 Å². The number of ether oxygens (including phenoxy) is 1. The molecule has 2 N–H and O–H groups in total. The maximum Gasteiger partial charge on any atom is 0.331 e. The Balaban J connectivity index is 1.84. The van der Waals surface area contributed by atoms with Crippen LogP contribution in [0.25, 0.3) is 0 Å². The van der Waals surface area contributed by atoms with Crippen molar-refractivity contribution in [2.45, 2.75) is 30.5 Å². The molecular weight excluding hydrogens is 380 g/mol. The fourth-order valence-electron chi connectivity index (χ4n) is 3.00. The topological polar surface area (TPSA) is 113 Å². The smallest absolute Gasteiger partial charge is 0.331 e. The van der Waals surface area contributed by atoms with Gasteiger partial charge in [-0.25, -0.2) is 4.79 Å². The van der Waals surface area contributed by atoms with Crippen molar-refractivity contribution in [3.63, 3.8) is 0 Å². The maximum absolute atomic E-state index is 12.7. The summed E-state index contributed by atoms with van der Waals surface area (Å²) in [5.41, 5.74) is -1.62. The molecule has 1 aromatic heterocycles. The van der Waals surface area contributed by atoms with E-state index >= 15 is 0 Å². The third kappa shape index (κ3) is 2.83. The summed E-state index contributed by atoms with van der Waals surface area (Å²) in [5.74, 6) is -2.82. The zero-order valence-electron chi connectivity index (χ0n) is 13.9. The fraction of sp³-hybridized carbons (Fsp3) is 0.375. The minimum absolute atomic E-state index is 0.0294. The second-order valence-corrected chi connectivity index (χ2v) is 7.80. The summed E-state index contributed by atoms with van der Waals surface area (Å²) in [4.78, 5) is 50.3. The molecule has 138 valence electrons. The molecule has 0 spiro atoms. The van der Waals surface area contributed by atoms with Crippen LogP contribution in [0.4, 0.5) is 0 Å². The number of thiophene rings is 1. The van der Waals surface area contributed by atoms with Crippen LogP contribution in [-0.2, 0) is 30.3 Å². The summed E-state index contributed by atoms with van der Waals surface area (Å²) < 4.78 is 5.32. The molecule has 10 heteroatoms. The van der Waals surface area contributed by atoms with Crippen molar-refractivity contribution < 1.29 is 29.0 Å². The van der Waals surface area contributed by atoms with Crippen LogP contribution < -0.4 is 5.32 Å². The van der Waals surface area contributed by atoms with Crippen LogP contribution in [0.1, 0.15) is 11.8 Å². The van der Waals surface area contributed by atoms with Gasteiger partial charge in [0.25, 0.3) is 11.6 Å². The summed E-state index contributed by atoms with van der Waals surface area (Å²) >= 11 is 2.49. The van der Waals surface area contributed by atoms with Gasteiger partial charge in [-0.1, -0.05) is 6.07 Å². The van der Waals surface area contributed by atoms with Crippen molar-refractivity contribution in [2.75, 3.05) is 7.11 Å². The van der Waals surface area contributed by atoms with E-state index in [0.29, 0.717) is 0 Å². The number of Topliss-reactive ketones (excluding diaryl/α,β-unsaturated/α-hetero) is 1. The first-order chi connectivity index (χ1) is 12.3. The number of carbonyl (C=O) groups is 4. The highest BCUT2D eigenvalue weighted by atomic mass is 32.2. The second kappa shape index (κ2) is 6.86. The predicted octanol–water partition coefficient (Wildman–Crippen LogP) is 0.591. The van der Waals surface area contributed by atoms with E-state index in [-0.39, 0.29) is 12.0 Å². The molecule has 2 amide bonds. The number of hydrogen-bond acceptors (Lipinski definition) is 7. The lowest BCUT2D eigenvalue weighted by Crippen LogP contribution is -2.83. The lowest BCUT2D eigenvalue weighted by molar-refractivity contribution is -0.201. The van der Waals surface area contributed by atoms with Crippen LogP contribution in [0.2, 0.25) is 0 Å². The number of nitrogens with zero attached hydrogens (tertiary/aromatic N) is 1. The molecule has 0 saturated carbocycles. The van der Waals surface area contributed by atoms with Crippen molar-refractivity contribution in [3.05, 3.63) is 33.4 Å². The Morgan fingerprint density at radius 3 is 2.69 bits per heavy atom. The Labute approximate surface area is 157 Å². The number of hydrogen-bond donors (Lipinski definition) is 2. The average molecular weight is 396 g/mol. The standard InChI is InChI=1S/C16H16N2O6S2/c1-8(19)10-7-26-15-16(24-2,14(23)18(15)12(10)13(21)22)17-11(20)6-9-4-3-5-25-9/h3-5,7,12,15H,6H2,1-2H3,(H,17,20)(H,21,22)/t12?,15-,16?/m0/s1. The minimum Gasteiger partial charge on any atom is -0.479 e. The number of carbonyl (C=O) groups excluding carboxylic acids is 3. The van der Waals surface area contributed by atoms with Crippen molar-refractivity contribution >= 4 is 46.7 Å². The molecule has 26 heavy (non-hydrogen) atoms. The van der Waals surface area contributed by atoms with Gasteiger partial charge in [-0.05, 0) is 23.8 Å². The summed E-state index contributed by atoms with van der Waals surface area (Å²) in [5, 5.41) is 14.6. The lowest BCUT2D eigenvalue weighted by Gasteiger charge is -2.57. The van der Waals surface area contributed by atoms with Crippen molar-refractivity contribution in [3.8, 4) is 0 Å². The first kappa shape index (κ1) is 18.6. The summed E-state index contributed by atoms with van der Waals surface area (Å²) in [6, 6.07) is 2.23. The third-order valence-corrected chi connectivity index (χ3v) is 6.33. The number of β-lactam (4-membered cyclic amide) rings is 1. The third-order valence-electron chi connectivity index (χ3n) is 4.25. The van der Waals surface area contributed by atoms with Gasteiger partial charge in [-0.15, -0.1) is 23.1 Å². The maximum atomic E-state index is 12.7. The van der Waals surface area contributed by atoms with Gasteiger partial charge in [0.05, 0.1) is 6.42 Å². The van der Waals surface area contributed by atoms with Gasteiger partial charge in [-0.2, -0.15) is 0 Å². The molecular formula is C16H16N2O6S2. The van der Waals surface area contributed by atoms with Crippen LogP contribution in [0, 0.1) is 0 Å². The molecule has 3 rings (SSSR count). The highest BCUT2D eigenvalue weighted by Gasteiger charge is 2.67. The van der Waals surface area contributed by atoms with Crippen LogP contribution in [0.3, 0.4) is 0 Å². The first-order valence-corrected chi connectivity index (χ1v) is 9.44. The Morgan fingerprint density at radius 2 is 2.15 bits per heavy atom. The van der Waals surface area contributed by atoms with Crippen molar-refractivity contribution in [1.29, 1.82) is 0 Å². The Morgan fingerprint density at radius 1 is 1.42 bits per heavy atom. The molecule has 0 radical (unpaired) electrons. The largest absolute Gasteiger partial charge is 0.479 e. The number of rotatable bonds is 6. The lowest BCUT2D eigenvalue weighted by atomic mass is 9.93. The Bertz CT molecular complexity index is 806. The Kier molecular flexibility index (Phi) is 4.91. The number of ketones is 1. The van der Waals surface area contributed by atoms with E-state index in [0.717, 1.165) is 21.5 Å². The molecule has 0 aromatic carbocycles. The van der Waals surface area contributed by atoms with Crippen LogP contribution >= 0.6 is 23.1 Å². The van der Waals surface area contributed by atoms with E-state index in [4.69, 9.17) is 4.74 Å². The van der Waals surface area contributed by atoms with Crippen molar-refractivity contribution in [1.82, 2.24) is 10.2 Å². The van der Waals surface area contributed by atoms with Gasteiger partial charge in [0.2, 0.25) is 5.91 Å². The molecule has 0 bridgehead atoms. The zero-order chi connectivity index (χ0) is 19.1. The molecule has 1 aromatic rings. The number of carboxylic acid groups (broad SMARTS) is 1. The van der Waals surface area contributed by atoms with Gasteiger partial charge >= 0.3 is 5.97 Å². The van der Waals surface area contributed by atoms with Gasteiger partial charge in [-0.3, -0.25) is 14.4 Å². The molecule has 1 saturated heterocycles. The minimum atomic E-state index is -1.65. The number of nitrogens with one attached hydrogen (secondary N) is 1. The molecule has 2 aliphatic heterocycles. The quantitative estimate of drug-likeness (QED) is 0.534. The Hall–Kier alpha value is -2.17. The molecule has 0 aliphatic carbocycles. The number of methoxy groups -OCH3 is 1. The SMILES string of the molecule is COC1(NC(=O)Cc2cccs2)C(=O)N2C(C(=O)O)C(C(C)=O)=CS[C@H]21. The number of fused-ring (bicyclic) bond motifs is 1. The van der Waals surface area contributed by atoms with E-state index in [1.807, 2.05) is 11.4 Å². The highest BCUT2D eigenvalue weighted by molar-refractivity contribution is 8.03. The molecule has 1 fully saturated rings. The van der Waals surface area contributed by atoms with E-state index in [9.17, 15) is 24.3 Å². The predicted molar refractivity (Wildman–Crippen MR) is 94.3 cm³/mol. The normalized spacial score (nSPS) is 27.2. The van der Waals surface area contributed by atoms with Crippen molar-refractivity contribution in [2.24, 2.45) is 0 Å². The zero-order valence-corrected chi connectivity index (χ0v) is 15.6. The number of carboxylic acids is 1. The van der Waals surface area contributed by atoms with Crippen LogP contribution in [-0.4, -0.2) is 57.8 Å². The molecule has 2 aliphatic rings.